The number of carboxylic acids is 1. The lowest BCUT2D eigenvalue weighted by Gasteiger charge is -2.29. The molecule has 0 aromatic heterocycles. The molecule has 3 N–H and O–H groups in total. The third kappa shape index (κ3) is 2.35. The highest BCUT2D eigenvalue weighted by Gasteiger charge is 2.39. The van der Waals surface area contributed by atoms with Gasteiger partial charge in [0.25, 0.3) is 0 Å². The lowest BCUT2D eigenvalue weighted by atomic mass is 9.88. The Morgan fingerprint density at radius 1 is 1.40 bits per heavy atom. The van der Waals surface area contributed by atoms with Crippen molar-refractivity contribution >= 4 is 17.3 Å². The Bertz CT molecular complexity index is 529. The molecule has 108 valence electrons. The molecule has 3 atom stereocenters. The second-order valence-electron chi connectivity index (χ2n) is 6.40. The molecule has 0 amide bonds. The molecule has 20 heavy (non-hydrogen) atoms. The largest absolute Gasteiger partial charge is 0.478 e. The maximum Gasteiger partial charge on any atom is 0.337 e. The van der Waals surface area contributed by atoms with Crippen LogP contribution in [0.25, 0.3) is 0 Å². The average molecular weight is 274 g/mol. The number of benzene rings is 1. The number of rotatable bonds is 4. The lowest BCUT2D eigenvalue weighted by molar-refractivity contribution is 0.0697. The van der Waals surface area contributed by atoms with Gasteiger partial charge in [-0.1, -0.05) is 6.42 Å². The third-order valence-electron chi connectivity index (χ3n) is 5.06. The van der Waals surface area contributed by atoms with E-state index in [1.54, 1.807) is 18.2 Å². The van der Waals surface area contributed by atoms with Crippen LogP contribution in [0.2, 0.25) is 0 Å². The summed E-state index contributed by atoms with van der Waals surface area (Å²) in [6.45, 7) is 0.935. The van der Waals surface area contributed by atoms with Crippen molar-refractivity contribution in [2.45, 2.75) is 25.7 Å². The van der Waals surface area contributed by atoms with Gasteiger partial charge in [-0.05, 0) is 55.2 Å². The smallest absolute Gasteiger partial charge is 0.337 e. The Balaban J connectivity index is 1.78. The first-order valence-electron chi connectivity index (χ1n) is 7.38. The number of nitrogens with two attached hydrogens (primary N) is 1. The number of carboxylic acid groups (broad SMARTS) is 1. The summed E-state index contributed by atoms with van der Waals surface area (Å²) in [5.74, 6) is 1.58. The summed E-state index contributed by atoms with van der Waals surface area (Å²) >= 11 is 0. The first kappa shape index (κ1) is 13.3. The highest BCUT2D eigenvalue weighted by molar-refractivity contribution is 5.95. The molecule has 0 aliphatic heterocycles. The van der Waals surface area contributed by atoms with Gasteiger partial charge < -0.3 is 15.7 Å². The van der Waals surface area contributed by atoms with E-state index in [4.69, 9.17) is 5.73 Å². The minimum absolute atomic E-state index is 0.338. The van der Waals surface area contributed by atoms with Crippen LogP contribution < -0.4 is 10.6 Å². The molecule has 3 unspecified atom stereocenters. The Labute approximate surface area is 119 Å². The second kappa shape index (κ2) is 5.00. The highest BCUT2D eigenvalue weighted by Crippen LogP contribution is 2.48. The zero-order chi connectivity index (χ0) is 14.3. The molecular weight excluding hydrogens is 252 g/mol. The number of anilines is 2. The number of hydrogen-bond donors (Lipinski definition) is 2. The summed E-state index contributed by atoms with van der Waals surface area (Å²) < 4.78 is 0. The summed E-state index contributed by atoms with van der Waals surface area (Å²) in [6.07, 6.45) is 5.43. The molecule has 4 heteroatoms. The van der Waals surface area contributed by atoms with Crippen molar-refractivity contribution in [2.75, 3.05) is 24.2 Å². The van der Waals surface area contributed by atoms with Crippen molar-refractivity contribution in [1.29, 1.82) is 0 Å². The van der Waals surface area contributed by atoms with Gasteiger partial charge in [-0.25, -0.2) is 4.79 Å². The maximum atomic E-state index is 11.3. The number of aromatic carboxylic acids is 1. The van der Waals surface area contributed by atoms with Crippen molar-refractivity contribution in [3.8, 4) is 0 Å². The van der Waals surface area contributed by atoms with E-state index in [2.05, 4.69) is 4.90 Å². The van der Waals surface area contributed by atoms with Crippen molar-refractivity contribution in [1.82, 2.24) is 0 Å². The lowest BCUT2D eigenvalue weighted by Crippen LogP contribution is -2.29. The normalized spacial score (nSPS) is 27.8. The van der Waals surface area contributed by atoms with Gasteiger partial charge in [-0.15, -0.1) is 0 Å². The van der Waals surface area contributed by atoms with Crippen LogP contribution >= 0.6 is 0 Å². The molecule has 0 heterocycles. The van der Waals surface area contributed by atoms with E-state index in [1.165, 1.54) is 25.7 Å². The van der Waals surface area contributed by atoms with E-state index in [-0.39, 0.29) is 0 Å². The summed E-state index contributed by atoms with van der Waals surface area (Å²) in [6, 6.07) is 5.03. The van der Waals surface area contributed by atoms with Crippen LogP contribution in [0.4, 0.5) is 11.4 Å². The Hall–Kier alpha value is -1.71. The Kier molecular flexibility index (Phi) is 3.32. The molecule has 2 saturated carbocycles. The second-order valence-corrected chi connectivity index (χ2v) is 6.40. The number of carbonyl (C=O) groups is 1. The number of fused-ring (bicyclic) bond motifs is 2. The fourth-order valence-corrected chi connectivity index (χ4v) is 4.10. The van der Waals surface area contributed by atoms with E-state index in [1.807, 2.05) is 7.05 Å². The quantitative estimate of drug-likeness (QED) is 0.829. The monoisotopic (exact) mass is 274 g/mol. The van der Waals surface area contributed by atoms with Crippen molar-refractivity contribution < 1.29 is 9.90 Å². The fraction of sp³-hybridized carbons (Fsp3) is 0.562. The topological polar surface area (TPSA) is 66.6 Å². The van der Waals surface area contributed by atoms with Crippen molar-refractivity contribution in [3.05, 3.63) is 23.8 Å². The zero-order valence-electron chi connectivity index (χ0n) is 11.9. The molecule has 0 radical (unpaired) electrons. The maximum absolute atomic E-state index is 11.3. The molecule has 2 bridgehead atoms. The minimum atomic E-state index is -0.889. The molecule has 0 spiro atoms. The number of nitrogen functional groups attached to an aromatic ring is 1. The van der Waals surface area contributed by atoms with Gasteiger partial charge in [0, 0.05) is 19.3 Å². The summed E-state index contributed by atoms with van der Waals surface area (Å²) in [5, 5.41) is 9.30. The fourth-order valence-electron chi connectivity index (χ4n) is 4.10. The van der Waals surface area contributed by atoms with E-state index >= 15 is 0 Å². The molecule has 1 aromatic carbocycles. The minimum Gasteiger partial charge on any atom is -0.478 e. The van der Waals surface area contributed by atoms with Gasteiger partial charge in [-0.2, -0.15) is 0 Å². The van der Waals surface area contributed by atoms with Gasteiger partial charge in [0.05, 0.1) is 11.3 Å². The van der Waals surface area contributed by atoms with Crippen LogP contribution in [0.5, 0.6) is 0 Å². The first-order chi connectivity index (χ1) is 9.54. The number of nitrogens with zero attached hydrogens (tertiary/aromatic N) is 1. The molecule has 2 fully saturated rings. The standard InChI is InChI=1S/C16H22N2O2/c1-18(9-12-7-10-2-3-11(12)6-10)15-8-13(17)4-5-14(15)16(19)20/h4-5,8,10-12H,2-3,6-7,9,17H2,1H3,(H,19,20). The predicted octanol–water partition coefficient (Wildman–Crippen LogP) is 2.84. The van der Waals surface area contributed by atoms with Crippen molar-refractivity contribution in [3.63, 3.8) is 0 Å². The first-order valence-corrected chi connectivity index (χ1v) is 7.38. The SMILES string of the molecule is CN(CC1CC2CCC1C2)c1cc(N)ccc1C(=O)O. The van der Waals surface area contributed by atoms with Crippen LogP contribution in [0.1, 0.15) is 36.0 Å². The summed E-state index contributed by atoms with van der Waals surface area (Å²) in [7, 11) is 1.98. The predicted molar refractivity (Wildman–Crippen MR) is 80.0 cm³/mol. The molecule has 4 nitrogen and oxygen atoms in total. The molecule has 1 aromatic rings. The summed E-state index contributed by atoms with van der Waals surface area (Å²) in [5.41, 5.74) is 7.50. The van der Waals surface area contributed by atoms with Gasteiger partial charge >= 0.3 is 5.97 Å². The van der Waals surface area contributed by atoms with Crippen molar-refractivity contribution in [2.24, 2.45) is 17.8 Å². The van der Waals surface area contributed by atoms with Crippen LogP contribution in [-0.4, -0.2) is 24.7 Å². The Morgan fingerprint density at radius 3 is 2.80 bits per heavy atom. The number of hydrogen-bond acceptors (Lipinski definition) is 3. The van der Waals surface area contributed by atoms with Crippen LogP contribution in [0.15, 0.2) is 18.2 Å². The average Bonchev–Trinajstić information content (AvgIpc) is 3.00. The molecule has 2 aliphatic carbocycles. The molecular formula is C16H22N2O2. The molecule has 3 rings (SSSR count). The van der Waals surface area contributed by atoms with Crippen LogP contribution in [-0.2, 0) is 0 Å². The van der Waals surface area contributed by atoms with E-state index in [0.717, 1.165) is 24.1 Å². The third-order valence-corrected chi connectivity index (χ3v) is 5.06. The zero-order valence-corrected chi connectivity index (χ0v) is 11.9. The van der Waals surface area contributed by atoms with Gasteiger partial charge in [0.1, 0.15) is 0 Å². The molecule has 2 aliphatic rings. The highest BCUT2D eigenvalue weighted by atomic mass is 16.4. The summed E-state index contributed by atoms with van der Waals surface area (Å²) in [4.78, 5) is 13.4. The van der Waals surface area contributed by atoms with E-state index in [9.17, 15) is 9.90 Å². The van der Waals surface area contributed by atoms with E-state index in [0.29, 0.717) is 17.2 Å². The van der Waals surface area contributed by atoms with Gasteiger partial charge in [0.2, 0.25) is 0 Å². The van der Waals surface area contributed by atoms with Crippen LogP contribution in [0.3, 0.4) is 0 Å². The molecule has 0 saturated heterocycles. The Morgan fingerprint density at radius 2 is 2.20 bits per heavy atom. The van der Waals surface area contributed by atoms with Gasteiger partial charge in [0.15, 0.2) is 0 Å². The van der Waals surface area contributed by atoms with E-state index < -0.39 is 5.97 Å². The van der Waals surface area contributed by atoms with Gasteiger partial charge in [-0.3, -0.25) is 0 Å². The van der Waals surface area contributed by atoms with Crippen LogP contribution in [0, 0.1) is 17.8 Å².